The summed E-state index contributed by atoms with van der Waals surface area (Å²) in [5.74, 6) is 1.04. The van der Waals surface area contributed by atoms with Crippen molar-refractivity contribution in [2.45, 2.75) is 31.9 Å². The summed E-state index contributed by atoms with van der Waals surface area (Å²) in [6, 6.07) is 3.66. The van der Waals surface area contributed by atoms with Crippen molar-refractivity contribution < 1.29 is 9.47 Å². The Hall–Kier alpha value is -1.82. The molecule has 0 aliphatic carbocycles. The Morgan fingerprint density at radius 1 is 1.42 bits per heavy atom. The summed E-state index contributed by atoms with van der Waals surface area (Å²) >= 11 is 0. The first-order valence-corrected chi connectivity index (χ1v) is 6.56. The third kappa shape index (κ3) is 2.35. The molecule has 2 aromatic rings. The molecule has 1 atom stereocenters. The number of nitrogen functional groups attached to an aromatic ring is 1. The predicted octanol–water partition coefficient (Wildman–Crippen LogP) is 1.59. The summed E-state index contributed by atoms with van der Waals surface area (Å²) in [6.45, 7) is 1.52. The summed E-state index contributed by atoms with van der Waals surface area (Å²) in [5, 5.41) is 0. The van der Waals surface area contributed by atoms with E-state index in [4.69, 9.17) is 15.2 Å². The molecule has 3 heterocycles. The van der Waals surface area contributed by atoms with E-state index in [0.29, 0.717) is 18.4 Å². The number of methoxy groups -OCH3 is 1. The lowest BCUT2D eigenvalue weighted by Gasteiger charge is -2.23. The van der Waals surface area contributed by atoms with Crippen molar-refractivity contribution in [3.63, 3.8) is 0 Å². The van der Waals surface area contributed by atoms with Crippen LogP contribution in [0.4, 0.5) is 5.95 Å². The zero-order valence-corrected chi connectivity index (χ0v) is 11.0. The van der Waals surface area contributed by atoms with Crippen LogP contribution in [0.2, 0.25) is 0 Å². The maximum absolute atomic E-state index is 5.98. The van der Waals surface area contributed by atoms with E-state index in [1.807, 2.05) is 10.6 Å². The molecule has 2 aromatic heterocycles. The topological polar surface area (TPSA) is 75.2 Å². The third-order valence-corrected chi connectivity index (χ3v) is 3.47. The first-order chi connectivity index (χ1) is 9.28. The molecular formula is C13H18N4O2. The molecule has 0 amide bonds. The third-order valence-electron chi connectivity index (χ3n) is 3.47. The molecule has 1 unspecified atom stereocenters. The van der Waals surface area contributed by atoms with Gasteiger partial charge < -0.3 is 15.2 Å². The number of nitrogens with two attached hydrogens (primary N) is 1. The molecule has 0 saturated carbocycles. The van der Waals surface area contributed by atoms with Gasteiger partial charge in [0.15, 0.2) is 5.65 Å². The summed E-state index contributed by atoms with van der Waals surface area (Å²) in [4.78, 5) is 8.74. The van der Waals surface area contributed by atoms with Gasteiger partial charge in [-0.1, -0.05) is 0 Å². The van der Waals surface area contributed by atoms with Gasteiger partial charge in [0.25, 0.3) is 0 Å². The van der Waals surface area contributed by atoms with Crippen LogP contribution in [0, 0.1) is 0 Å². The molecule has 1 saturated heterocycles. The lowest BCUT2D eigenvalue weighted by atomic mass is 10.1. The standard InChI is InChI=1S/C13H18N4O2/c1-18-11-6-5-10-12(16-11)17(13(14)15-10)8-9-4-2-3-7-19-9/h5-6,9H,2-4,7-8H2,1H3,(H2,14,15). The van der Waals surface area contributed by atoms with E-state index < -0.39 is 0 Å². The first kappa shape index (κ1) is 12.2. The molecule has 0 bridgehead atoms. The molecule has 1 aliphatic heterocycles. The maximum Gasteiger partial charge on any atom is 0.215 e. The fourth-order valence-corrected chi connectivity index (χ4v) is 2.45. The Kier molecular flexibility index (Phi) is 3.25. The highest BCUT2D eigenvalue weighted by molar-refractivity contribution is 5.74. The van der Waals surface area contributed by atoms with Crippen LogP contribution in [0.25, 0.3) is 11.2 Å². The highest BCUT2D eigenvalue weighted by Gasteiger charge is 2.18. The van der Waals surface area contributed by atoms with Gasteiger partial charge >= 0.3 is 0 Å². The lowest BCUT2D eigenvalue weighted by molar-refractivity contribution is 0.00685. The van der Waals surface area contributed by atoms with E-state index >= 15 is 0 Å². The minimum absolute atomic E-state index is 0.196. The minimum Gasteiger partial charge on any atom is -0.481 e. The minimum atomic E-state index is 0.196. The molecule has 0 radical (unpaired) electrons. The largest absolute Gasteiger partial charge is 0.481 e. The number of hydrogen-bond acceptors (Lipinski definition) is 5. The van der Waals surface area contributed by atoms with Crippen molar-refractivity contribution in [1.29, 1.82) is 0 Å². The van der Waals surface area contributed by atoms with Crippen LogP contribution in [0.1, 0.15) is 19.3 Å². The number of hydrogen-bond donors (Lipinski definition) is 1. The Labute approximate surface area is 111 Å². The lowest BCUT2D eigenvalue weighted by Crippen LogP contribution is -2.25. The van der Waals surface area contributed by atoms with Gasteiger partial charge in [-0.2, -0.15) is 4.98 Å². The molecule has 6 nitrogen and oxygen atoms in total. The van der Waals surface area contributed by atoms with Gasteiger partial charge in [0.05, 0.1) is 19.8 Å². The number of imidazole rings is 1. The molecular weight excluding hydrogens is 244 g/mol. The number of fused-ring (bicyclic) bond motifs is 1. The number of pyridine rings is 1. The van der Waals surface area contributed by atoms with E-state index in [0.717, 1.165) is 30.6 Å². The average molecular weight is 262 g/mol. The van der Waals surface area contributed by atoms with E-state index in [9.17, 15) is 0 Å². The fourth-order valence-electron chi connectivity index (χ4n) is 2.45. The molecule has 1 aliphatic rings. The van der Waals surface area contributed by atoms with Gasteiger partial charge in [0, 0.05) is 12.7 Å². The van der Waals surface area contributed by atoms with E-state index in [1.54, 1.807) is 13.2 Å². The monoisotopic (exact) mass is 262 g/mol. The molecule has 2 N–H and O–H groups in total. The van der Waals surface area contributed by atoms with Crippen molar-refractivity contribution >= 4 is 17.1 Å². The molecule has 0 aromatic carbocycles. The van der Waals surface area contributed by atoms with Crippen molar-refractivity contribution in [3.05, 3.63) is 12.1 Å². The molecule has 3 rings (SSSR count). The zero-order valence-electron chi connectivity index (χ0n) is 11.0. The van der Waals surface area contributed by atoms with Crippen molar-refractivity contribution in [3.8, 4) is 5.88 Å². The summed E-state index contributed by atoms with van der Waals surface area (Å²) in [7, 11) is 1.60. The fraction of sp³-hybridized carbons (Fsp3) is 0.538. The van der Waals surface area contributed by atoms with Gasteiger partial charge in [-0.05, 0) is 25.3 Å². The Morgan fingerprint density at radius 3 is 3.05 bits per heavy atom. The zero-order chi connectivity index (χ0) is 13.2. The van der Waals surface area contributed by atoms with Crippen LogP contribution in [0.15, 0.2) is 12.1 Å². The van der Waals surface area contributed by atoms with Crippen LogP contribution in [0.3, 0.4) is 0 Å². The number of rotatable bonds is 3. The van der Waals surface area contributed by atoms with Crippen LogP contribution in [0.5, 0.6) is 5.88 Å². The Morgan fingerprint density at radius 2 is 2.32 bits per heavy atom. The SMILES string of the molecule is COc1ccc2nc(N)n(CC3CCCCO3)c2n1. The smallest absolute Gasteiger partial charge is 0.215 e. The normalized spacial score (nSPS) is 19.7. The van der Waals surface area contributed by atoms with Crippen molar-refractivity contribution in [1.82, 2.24) is 14.5 Å². The van der Waals surface area contributed by atoms with Crippen LogP contribution in [-0.4, -0.2) is 34.4 Å². The highest BCUT2D eigenvalue weighted by atomic mass is 16.5. The van der Waals surface area contributed by atoms with Gasteiger partial charge in [-0.3, -0.25) is 4.57 Å². The van der Waals surface area contributed by atoms with Gasteiger partial charge in [-0.15, -0.1) is 0 Å². The highest BCUT2D eigenvalue weighted by Crippen LogP contribution is 2.22. The van der Waals surface area contributed by atoms with Crippen molar-refractivity contribution in [2.75, 3.05) is 19.5 Å². The van der Waals surface area contributed by atoms with Crippen LogP contribution >= 0.6 is 0 Å². The van der Waals surface area contributed by atoms with E-state index in [2.05, 4.69) is 9.97 Å². The predicted molar refractivity (Wildman–Crippen MR) is 72.1 cm³/mol. The molecule has 19 heavy (non-hydrogen) atoms. The van der Waals surface area contributed by atoms with Gasteiger partial charge in [-0.25, -0.2) is 4.98 Å². The molecule has 0 spiro atoms. The number of anilines is 1. The second kappa shape index (κ2) is 5.05. The molecule has 102 valence electrons. The number of nitrogens with zero attached hydrogens (tertiary/aromatic N) is 3. The average Bonchev–Trinajstić information content (AvgIpc) is 2.76. The van der Waals surface area contributed by atoms with Crippen molar-refractivity contribution in [2.24, 2.45) is 0 Å². The molecule has 6 heteroatoms. The second-order valence-electron chi connectivity index (χ2n) is 4.77. The van der Waals surface area contributed by atoms with Gasteiger partial charge in [0.1, 0.15) is 5.52 Å². The molecule has 1 fully saturated rings. The number of ether oxygens (including phenoxy) is 2. The Bertz CT molecular complexity index is 575. The van der Waals surface area contributed by atoms with E-state index in [-0.39, 0.29) is 6.10 Å². The van der Waals surface area contributed by atoms with E-state index in [1.165, 1.54) is 6.42 Å². The first-order valence-electron chi connectivity index (χ1n) is 6.56. The van der Waals surface area contributed by atoms with Gasteiger partial charge in [0.2, 0.25) is 11.8 Å². The Balaban J connectivity index is 1.94. The van der Waals surface area contributed by atoms with Crippen LogP contribution < -0.4 is 10.5 Å². The maximum atomic E-state index is 5.98. The summed E-state index contributed by atoms with van der Waals surface area (Å²) in [5.41, 5.74) is 7.52. The quantitative estimate of drug-likeness (QED) is 0.909. The number of aromatic nitrogens is 3. The summed E-state index contributed by atoms with van der Waals surface area (Å²) in [6.07, 6.45) is 3.60. The summed E-state index contributed by atoms with van der Waals surface area (Å²) < 4.78 is 12.8. The second-order valence-corrected chi connectivity index (χ2v) is 4.77. The van der Waals surface area contributed by atoms with Crippen LogP contribution in [-0.2, 0) is 11.3 Å².